The lowest BCUT2D eigenvalue weighted by Crippen LogP contribution is -2.08. The molecule has 0 saturated heterocycles. The molecule has 1 aromatic carbocycles. The monoisotopic (exact) mass is 172 g/mol. The van der Waals surface area contributed by atoms with Crippen molar-refractivity contribution < 1.29 is 8.78 Å². The Balaban J connectivity index is 3.02. The molecular formula is C8H10F2N2. The van der Waals surface area contributed by atoms with Crippen molar-refractivity contribution in [3.05, 3.63) is 29.3 Å². The molecule has 0 aliphatic carbocycles. The number of aryl methyl sites for hydroxylation is 1. The summed E-state index contributed by atoms with van der Waals surface area (Å²) in [5.74, 6) is 5.14. The summed E-state index contributed by atoms with van der Waals surface area (Å²) in [4.78, 5) is 0. The first-order valence-corrected chi connectivity index (χ1v) is 3.50. The van der Waals surface area contributed by atoms with Crippen LogP contribution in [-0.4, -0.2) is 0 Å². The fraction of sp³-hybridized carbons (Fsp3) is 0.250. The Labute approximate surface area is 69.4 Å². The van der Waals surface area contributed by atoms with Gasteiger partial charge in [0.25, 0.3) is 6.43 Å². The highest BCUT2D eigenvalue weighted by Crippen LogP contribution is 2.23. The number of alkyl halides is 2. The Morgan fingerprint density at radius 1 is 1.42 bits per heavy atom. The average molecular weight is 172 g/mol. The van der Waals surface area contributed by atoms with Gasteiger partial charge in [0, 0.05) is 5.56 Å². The van der Waals surface area contributed by atoms with E-state index in [9.17, 15) is 8.78 Å². The van der Waals surface area contributed by atoms with Gasteiger partial charge in [-0.25, -0.2) is 8.78 Å². The second-order valence-corrected chi connectivity index (χ2v) is 2.52. The molecule has 1 aromatic rings. The summed E-state index contributed by atoms with van der Waals surface area (Å²) in [7, 11) is 0. The maximum atomic E-state index is 12.1. The van der Waals surface area contributed by atoms with Gasteiger partial charge in [-0.2, -0.15) is 0 Å². The Morgan fingerprint density at radius 3 is 2.50 bits per heavy atom. The third kappa shape index (κ3) is 1.71. The number of anilines is 1. The maximum absolute atomic E-state index is 12.1. The molecular weight excluding hydrogens is 162 g/mol. The van der Waals surface area contributed by atoms with Crippen LogP contribution in [0.25, 0.3) is 0 Å². The molecule has 12 heavy (non-hydrogen) atoms. The van der Waals surface area contributed by atoms with E-state index in [4.69, 9.17) is 5.84 Å². The van der Waals surface area contributed by atoms with Gasteiger partial charge in [0.1, 0.15) is 0 Å². The van der Waals surface area contributed by atoms with Crippen LogP contribution in [0.2, 0.25) is 0 Å². The Morgan fingerprint density at radius 2 is 2.08 bits per heavy atom. The summed E-state index contributed by atoms with van der Waals surface area (Å²) in [5, 5.41) is 0. The normalized spacial score (nSPS) is 10.4. The van der Waals surface area contributed by atoms with Crippen LogP contribution in [0.4, 0.5) is 14.5 Å². The number of nitrogens with one attached hydrogen (secondary N) is 1. The van der Waals surface area contributed by atoms with E-state index in [0.29, 0.717) is 5.69 Å². The topological polar surface area (TPSA) is 38.0 Å². The molecule has 0 aliphatic rings. The molecule has 0 fully saturated rings. The highest BCUT2D eigenvalue weighted by atomic mass is 19.3. The number of halogens is 2. The average Bonchev–Trinajstić information content (AvgIpc) is 2.04. The minimum absolute atomic E-state index is 0.0199. The smallest absolute Gasteiger partial charge is 0.263 e. The van der Waals surface area contributed by atoms with Crippen LogP contribution >= 0.6 is 0 Å². The van der Waals surface area contributed by atoms with Gasteiger partial charge in [-0.05, 0) is 24.6 Å². The van der Waals surface area contributed by atoms with Crippen molar-refractivity contribution in [2.24, 2.45) is 5.84 Å². The quantitative estimate of drug-likeness (QED) is 0.530. The number of nitrogen functional groups attached to an aromatic ring is 1. The molecule has 0 saturated carbocycles. The molecule has 2 nitrogen and oxygen atoms in total. The van der Waals surface area contributed by atoms with Gasteiger partial charge in [0.05, 0.1) is 5.69 Å². The minimum Gasteiger partial charge on any atom is -0.324 e. The van der Waals surface area contributed by atoms with Gasteiger partial charge in [-0.15, -0.1) is 0 Å². The second kappa shape index (κ2) is 3.49. The van der Waals surface area contributed by atoms with Crippen molar-refractivity contribution in [1.29, 1.82) is 0 Å². The van der Waals surface area contributed by atoms with Crippen molar-refractivity contribution in [1.82, 2.24) is 0 Å². The second-order valence-electron chi connectivity index (χ2n) is 2.52. The molecule has 66 valence electrons. The molecule has 0 atom stereocenters. The maximum Gasteiger partial charge on any atom is 0.263 e. The lowest BCUT2D eigenvalue weighted by molar-refractivity contribution is 0.151. The van der Waals surface area contributed by atoms with E-state index in [0.717, 1.165) is 5.56 Å². The molecule has 1 rings (SSSR count). The SMILES string of the molecule is Cc1cc(C(F)F)ccc1NN. The van der Waals surface area contributed by atoms with E-state index in [2.05, 4.69) is 5.43 Å². The van der Waals surface area contributed by atoms with Crippen LogP contribution in [0.15, 0.2) is 18.2 Å². The molecule has 0 radical (unpaired) electrons. The molecule has 0 amide bonds. The summed E-state index contributed by atoms with van der Waals surface area (Å²) < 4.78 is 24.3. The zero-order chi connectivity index (χ0) is 9.14. The molecule has 0 aliphatic heterocycles. The Hall–Kier alpha value is -1.16. The number of rotatable bonds is 2. The van der Waals surface area contributed by atoms with E-state index in [1.54, 1.807) is 6.92 Å². The van der Waals surface area contributed by atoms with Crippen LogP contribution in [0.5, 0.6) is 0 Å². The van der Waals surface area contributed by atoms with E-state index >= 15 is 0 Å². The van der Waals surface area contributed by atoms with Gasteiger partial charge >= 0.3 is 0 Å². The lowest BCUT2D eigenvalue weighted by atomic mass is 10.1. The predicted molar refractivity (Wildman–Crippen MR) is 43.9 cm³/mol. The molecule has 3 N–H and O–H groups in total. The third-order valence-electron chi connectivity index (χ3n) is 1.66. The largest absolute Gasteiger partial charge is 0.324 e. The highest BCUT2D eigenvalue weighted by molar-refractivity contribution is 5.51. The zero-order valence-electron chi connectivity index (χ0n) is 6.64. The highest BCUT2D eigenvalue weighted by Gasteiger charge is 2.07. The first-order chi connectivity index (χ1) is 5.65. The van der Waals surface area contributed by atoms with Crippen molar-refractivity contribution in [3.63, 3.8) is 0 Å². The molecule has 0 unspecified atom stereocenters. The fourth-order valence-corrected chi connectivity index (χ4v) is 0.985. The fourth-order valence-electron chi connectivity index (χ4n) is 0.985. The summed E-state index contributed by atoms with van der Waals surface area (Å²) in [6.07, 6.45) is -2.42. The molecule has 0 spiro atoms. The van der Waals surface area contributed by atoms with Crippen molar-refractivity contribution >= 4 is 5.69 Å². The number of benzene rings is 1. The van der Waals surface area contributed by atoms with Crippen LogP contribution in [0, 0.1) is 6.92 Å². The minimum atomic E-state index is -2.42. The molecule has 0 bridgehead atoms. The van der Waals surface area contributed by atoms with Crippen molar-refractivity contribution in [2.45, 2.75) is 13.3 Å². The molecule has 4 heteroatoms. The van der Waals surface area contributed by atoms with Crippen LogP contribution in [-0.2, 0) is 0 Å². The number of nitrogens with two attached hydrogens (primary N) is 1. The van der Waals surface area contributed by atoms with Crippen molar-refractivity contribution in [3.8, 4) is 0 Å². The van der Waals surface area contributed by atoms with E-state index in [1.807, 2.05) is 0 Å². The summed E-state index contributed by atoms with van der Waals surface area (Å²) in [6.45, 7) is 1.72. The van der Waals surface area contributed by atoms with Gasteiger partial charge in [-0.3, -0.25) is 5.84 Å². The Bertz CT molecular complexity index is 274. The zero-order valence-corrected chi connectivity index (χ0v) is 6.64. The van der Waals surface area contributed by atoms with Crippen LogP contribution < -0.4 is 11.3 Å². The van der Waals surface area contributed by atoms with E-state index in [1.165, 1.54) is 18.2 Å². The van der Waals surface area contributed by atoms with E-state index in [-0.39, 0.29) is 5.56 Å². The Kier molecular flexibility index (Phi) is 2.60. The predicted octanol–water partition coefficient (Wildman–Crippen LogP) is 2.22. The third-order valence-corrected chi connectivity index (χ3v) is 1.66. The van der Waals surface area contributed by atoms with Crippen LogP contribution in [0.3, 0.4) is 0 Å². The number of hydrazine groups is 1. The standard InChI is InChI=1S/C8H10F2N2/c1-5-4-6(8(9)10)2-3-7(5)12-11/h2-4,8,12H,11H2,1H3. The summed E-state index contributed by atoms with van der Waals surface area (Å²) >= 11 is 0. The number of hydrogen-bond donors (Lipinski definition) is 2. The molecule has 0 heterocycles. The summed E-state index contributed by atoms with van der Waals surface area (Å²) in [6, 6.07) is 4.31. The van der Waals surface area contributed by atoms with Gasteiger partial charge in [0.15, 0.2) is 0 Å². The lowest BCUT2D eigenvalue weighted by Gasteiger charge is -2.06. The summed E-state index contributed by atoms with van der Waals surface area (Å²) in [5.41, 5.74) is 3.82. The first kappa shape index (κ1) is 8.93. The molecule has 0 aromatic heterocycles. The van der Waals surface area contributed by atoms with Gasteiger partial charge < -0.3 is 5.43 Å². The van der Waals surface area contributed by atoms with Crippen molar-refractivity contribution in [2.75, 3.05) is 5.43 Å². The van der Waals surface area contributed by atoms with Crippen LogP contribution in [0.1, 0.15) is 17.6 Å². The van der Waals surface area contributed by atoms with E-state index < -0.39 is 6.43 Å². The number of hydrogen-bond acceptors (Lipinski definition) is 2. The first-order valence-electron chi connectivity index (χ1n) is 3.50. The van der Waals surface area contributed by atoms with Gasteiger partial charge in [-0.1, -0.05) is 6.07 Å². The van der Waals surface area contributed by atoms with Gasteiger partial charge in [0.2, 0.25) is 0 Å².